The van der Waals surface area contributed by atoms with Gasteiger partial charge in [0.1, 0.15) is 0 Å². The van der Waals surface area contributed by atoms with Crippen LogP contribution in [0.5, 0.6) is 0 Å². The molecule has 0 saturated heterocycles. The van der Waals surface area contributed by atoms with Gasteiger partial charge in [0.2, 0.25) is 0 Å². The first-order valence-corrected chi connectivity index (χ1v) is 25.0. The van der Waals surface area contributed by atoms with Crippen molar-refractivity contribution in [2.45, 2.75) is 278 Å². The fourth-order valence-electron chi connectivity index (χ4n) is 6.76. The number of nitrogens with two attached hydrogens (primary N) is 1. The fourth-order valence-corrected chi connectivity index (χ4v) is 6.76. The Labute approximate surface area is 356 Å². The Morgan fingerprint density at radius 3 is 0.930 bits per heavy atom. The normalized spacial score (nSPS) is 11.7. The highest BCUT2D eigenvalue weighted by Crippen LogP contribution is 2.12. The van der Waals surface area contributed by atoms with Crippen LogP contribution in [-0.2, 0) is 9.59 Å². The van der Waals surface area contributed by atoms with Crippen LogP contribution < -0.4 is 11.1 Å². The second kappa shape index (κ2) is 56.4. The van der Waals surface area contributed by atoms with Gasteiger partial charge in [-0.25, -0.2) is 0 Å². The molecule has 57 heavy (non-hydrogen) atoms. The minimum absolute atomic E-state index is 0.290. The van der Waals surface area contributed by atoms with Gasteiger partial charge in [0.25, 0.3) is 0 Å². The van der Waals surface area contributed by atoms with E-state index in [9.17, 15) is 9.59 Å². The summed E-state index contributed by atoms with van der Waals surface area (Å²) in [6.07, 6.45) is 56.6. The molecule has 0 aliphatic carbocycles. The summed E-state index contributed by atoms with van der Waals surface area (Å²) in [5.74, 6) is -1.33. The lowest BCUT2D eigenvalue weighted by atomic mass is 10.1. The van der Waals surface area contributed by atoms with Crippen LogP contribution in [0.3, 0.4) is 0 Å². The highest BCUT2D eigenvalue weighted by molar-refractivity contribution is 5.66. The van der Waals surface area contributed by atoms with Crippen LogP contribution in [0.1, 0.15) is 272 Å². The summed E-state index contributed by atoms with van der Waals surface area (Å²) in [6.45, 7) is 10.9. The van der Waals surface area contributed by atoms with Gasteiger partial charge < -0.3 is 21.3 Å². The highest BCUT2D eigenvalue weighted by atomic mass is 16.4. The van der Waals surface area contributed by atoms with E-state index >= 15 is 0 Å². The summed E-state index contributed by atoms with van der Waals surface area (Å²) in [4.78, 5) is 20.6. The number of unbranched alkanes of at least 4 members (excludes halogenated alkanes) is 31. The van der Waals surface area contributed by atoms with Crippen LogP contribution in [0.15, 0.2) is 24.3 Å². The molecule has 0 aromatic rings. The van der Waals surface area contributed by atoms with Crippen molar-refractivity contribution in [2.24, 2.45) is 5.73 Å². The summed E-state index contributed by atoms with van der Waals surface area (Å²) < 4.78 is 0. The molecule has 0 saturated carbocycles. The number of hydrogen-bond acceptors (Lipinski definition) is 4. The van der Waals surface area contributed by atoms with Crippen LogP contribution in [0, 0.1) is 0 Å². The Morgan fingerprint density at radius 1 is 0.421 bits per heavy atom. The topological polar surface area (TPSA) is 113 Å². The second-order valence-electron chi connectivity index (χ2n) is 16.8. The Morgan fingerprint density at radius 2 is 0.667 bits per heavy atom. The number of rotatable bonds is 43. The molecular formula is C51H102N2O4. The minimum atomic E-state index is -0.664. The van der Waals surface area contributed by atoms with Crippen LogP contribution in [0.25, 0.3) is 0 Å². The molecule has 0 bridgehead atoms. The molecule has 0 spiro atoms. The standard InChI is InChI=1S/2C18H34O2.C15H34N2/c2*1-2-3-4-5-6-7-8-9-10-11-12-13-14-15-16-17-18(19)20;1-3-4-5-6-7-8-9-10-11-12-13-17-14-15(2)16/h2*9-10H,2-8,11-17H2,1H3,(H,19,20);15,17H,3-14,16H2,1-2H3. The lowest BCUT2D eigenvalue weighted by Gasteiger charge is -2.07. The lowest BCUT2D eigenvalue weighted by Crippen LogP contribution is -2.31. The molecule has 0 aliphatic rings. The lowest BCUT2D eigenvalue weighted by molar-refractivity contribution is -0.138. The van der Waals surface area contributed by atoms with E-state index in [1.54, 1.807) is 0 Å². The number of carboxylic acids is 2. The van der Waals surface area contributed by atoms with Gasteiger partial charge in [0, 0.05) is 25.4 Å². The molecule has 0 heterocycles. The third-order valence-electron chi connectivity index (χ3n) is 10.5. The third-order valence-corrected chi connectivity index (χ3v) is 10.5. The molecule has 0 fully saturated rings. The molecule has 340 valence electrons. The summed E-state index contributed by atoms with van der Waals surface area (Å²) in [6, 6.07) is 0.290. The zero-order valence-electron chi connectivity index (χ0n) is 39.0. The van der Waals surface area contributed by atoms with Gasteiger partial charge in [-0.1, -0.05) is 206 Å². The van der Waals surface area contributed by atoms with E-state index in [-0.39, 0.29) is 6.04 Å². The Bertz CT molecular complexity index is 763. The fraction of sp³-hybridized carbons (Fsp3) is 0.882. The second-order valence-corrected chi connectivity index (χ2v) is 16.8. The summed E-state index contributed by atoms with van der Waals surface area (Å²) in [5, 5.41) is 20.4. The van der Waals surface area contributed by atoms with Crippen LogP contribution in [0.2, 0.25) is 0 Å². The van der Waals surface area contributed by atoms with Gasteiger partial charge in [-0.05, 0) is 84.1 Å². The molecule has 5 N–H and O–H groups in total. The van der Waals surface area contributed by atoms with Crippen molar-refractivity contribution in [1.82, 2.24) is 5.32 Å². The van der Waals surface area contributed by atoms with Crippen molar-refractivity contribution in [3.05, 3.63) is 24.3 Å². The number of nitrogens with one attached hydrogen (secondary N) is 1. The average Bonchev–Trinajstić information content (AvgIpc) is 3.18. The summed E-state index contributed by atoms with van der Waals surface area (Å²) >= 11 is 0. The van der Waals surface area contributed by atoms with Crippen molar-refractivity contribution >= 4 is 11.9 Å². The van der Waals surface area contributed by atoms with E-state index < -0.39 is 11.9 Å². The van der Waals surface area contributed by atoms with E-state index in [2.05, 4.69) is 50.4 Å². The molecule has 1 atom stereocenters. The number of hydrogen-bond donors (Lipinski definition) is 4. The number of allylic oxidation sites excluding steroid dienone is 4. The average molecular weight is 807 g/mol. The number of aliphatic carboxylic acids is 2. The first-order valence-electron chi connectivity index (χ1n) is 25.0. The van der Waals surface area contributed by atoms with Crippen molar-refractivity contribution in [3.63, 3.8) is 0 Å². The van der Waals surface area contributed by atoms with Gasteiger partial charge in [0.05, 0.1) is 0 Å². The van der Waals surface area contributed by atoms with Crippen LogP contribution in [0.4, 0.5) is 0 Å². The van der Waals surface area contributed by atoms with Gasteiger partial charge >= 0.3 is 11.9 Å². The molecule has 1 unspecified atom stereocenters. The largest absolute Gasteiger partial charge is 0.481 e. The SMILES string of the molecule is CCCCCCCCC=CCCCCCCCC(=O)O.CCCCCCCCC=CCCCCCCCC(=O)O.CCCCCCCCCCCCNCC(C)N. The first-order chi connectivity index (χ1) is 27.8. The van der Waals surface area contributed by atoms with Crippen molar-refractivity contribution in [1.29, 1.82) is 0 Å². The van der Waals surface area contributed by atoms with E-state index in [1.165, 1.54) is 205 Å². The molecule has 0 amide bonds. The molecule has 6 nitrogen and oxygen atoms in total. The van der Waals surface area contributed by atoms with Crippen molar-refractivity contribution < 1.29 is 19.8 Å². The first kappa shape index (κ1) is 59.7. The third kappa shape index (κ3) is 69.3. The molecule has 0 rings (SSSR count). The molecular weight excluding hydrogens is 705 g/mol. The van der Waals surface area contributed by atoms with Crippen molar-refractivity contribution in [2.75, 3.05) is 13.1 Å². The Hall–Kier alpha value is -1.66. The monoisotopic (exact) mass is 807 g/mol. The van der Waals surface area contributed by atoms with Gasteiger partial charge in [0.15, 0.2) is 0 Å². The maximum atomic E-state index is 10.3. The summed E-state index contributed by atoms with van der Waals surface area (Å²) in [7, 11) is 0. The highest BCUT2D eigenvalue weighted by Gasteiger charge is 1.98. The smallest absolute Gasteiger partial charge is 0.303 e. The zero-order valence-corrected chi connectivity index (χ0v) is 39.0. The molecule has 0 aromatic heterocycles. The Balaban J connectivity index is -0.000000771. The van der Waals surface area contributed by atoms with E-state index in [4.69, 9.17) is 15.9 Å². The molecule has 0 radical (unpaired) electrons. The number of carboxylic acid groups (broad SMARTS) is 2. The van der Waals surface area contributed by atoms with E-state index in [0.29, 0.717) is 12.8 Å². The van der Waals surface area contributed by atoms with E-state index in [0.717, 1.165) is 38.8 Å². The zero-order chi connectivity index (χ0) is 42.6. The quantitative estimate of drug-likeness (QED) is 0.0361. The van der Waals surface area contributed by atoms with E-state index in [1.807, 2.05) is 6.92 Å². The minimum Gasteiger partial charge on any atom is -0.481 e. The number of carbonyl (C=O) groups is 2. The van der Waals surface area contributed by atoms with Gasteiger partial charge in [-0.2, -0.15) is 0 Å². The predicted molar refractivity (Wildman–Crippen MR) is 253 cm³/mol. The molecule has 6 heteroatoms. The predicted octanol–water partition coefficient (Wildman–Crippen LogP) is 16.1. The van der Waals surface area contributed by atoms with Crippen LogP contribution >= 0.6 is 0 Å². The van der Waals surface area contributed by atoms with Gasteiger partial charge in [-0.3, -0.25) is 9.59 Å². The molecule has 0 aliphatic heterocycles. The maximum absolute atomic E-state index is 10.3. The van der Waals surface area contributed by atoms with Crippen molar-refractivity contribution in [3.8, 4) is 0 Å². The van der Waals surface area contributed by atoms with Crippen LogP contribution in [-0.4, -0.2) is 41.3 Å². The Kier molecular flexibility index (Phi) is 59.1. The maximum Gasteiger partial charge on any atom is 0.303 e. The summed E-state index contributed by atoms with van der Waals surface area (Å²) in [5.41, 5.74) is 5.66. The molecule has 0 aromatic carbocycles. The van der Waals surface area contributed by atoms with Gasteiger partial charge in [-0.15, -0.1) is 0 Å².